The zero-order valence-corrected chi connectivity index (χ0v) is 15.9. The molecule has 1 amide bonds. The highest BCUT2D eigenvalue weighted by molar-refractivity contribution is 5.92. The number of carbonyl (C=O) groups excluding carboxylic acids is 2. The number of nitrogens with zero attached hydrogens (tertiary/aromatic N) is 3. The summed E-state index contributed by atoms with van der Waals surface area (Å²) >= 11 is 0. The van der Waals surface area contributed by atoms with Gasteiger partial charge in [-0.2, -0.15) is 5.10 Å². The van der Waals surface area contributed by atoms with Crippen molar-refractivity contribution in [1.82, 2.24) is 14.7 Å². The van der Waals surface area contributed by atoms with Crippen molar-refractivity contribution >= 4 is 11.9 Å². The van der Waals surface area contributed by atoms with Gasteiger partial charge in [0.2, 0.25) is 5.69 Å². The van der Waals surface area contributed by atoms with Gasteiger partial charge in [-0.15, -0.1) is 0 Å². The van der Waals surface area contributed by atoms with Gasteiger partial charge in [-0.25, -0.2) is 9.48 Å². The highest BCUT2D eigenvalue weighted by Gasteiger charge is 2.32. The summed E-state index contributed by atoms with van der Waals surface area (Å²) in [5.74, 6) is -0.914. The van der Waals surface area contributed by atoms with E-state index in [1.807, 2.05) is 31.2 Å². The van der Waals surface area contributed by atoms with E-state index < -0.39 is 5.97 Å². The fourth-order valence-electron chi connectivity index (χ4n) is 2.96. The minimum atomic E-state index is -0.815. The average Bonchev–Trinajstić information content (AvgIpc) is 3.41. The van der Waals surface area contributed by atoms with Crippen LogP contribution in [0, 0.1) is 0 Å². The standard InChI is InChI=1S/C20H25N3O4/c1-4-22(15-9-10-15)18(25)12-27-20(26)19-17(24)11-23(21-19)16-7-5-14(6-8-16)13(2)3/h5-8,11,13,15,24H,4,9-10,12H2,1-3H3. The van der Waals surface area contributed by atoms with Gasteiger partial charge in [0.05, 0.1) is 11.9 Å². The quantitative estimate of drug-likeness (QED) is 0.757. The molecule has 0 spiro atoms. The third-order valence-electron chi connectivity index (χ3n) is 4.69. The van der Waals surface area contributed by atoms with Crippen LogP contribution in [-0.2, 0) is 9.53 Å². The van der Waals surface area contributed by atoms with Crippen LogP contribution in [-0.4, -0.2) is 50.9 Å². The van der Waals surface area contributed by atoms with E-state index in [4.69, 9.17) is 4.74 Å². The van der Waals surface area contributed by atoms with E-state index >= 15 is 0 Å². The average molecular weight is 371 g/mol. The Labute approximate surface area is 158 Å². The molecule has 7 heteroatoms. The highest BCUT2D eigenvalue weighted by atomic mass is 16.5. The maximum absolute atomic E-state index is 12.2. The number of hydrogen-bond acceptors (Lipinski definition) is 5. The molecule has 1 heterocycles. The highest BCUT2D eigenvalue weighted by Crippen LogP contribution is 2.26. The number of rotatable bonds is 7. The second kappa shape index (κ2) is 7.82. The van der Waals surface area contributed by atoms with Crippen molar-refractivity contribution in [2.24, 2.45) is 0 Å². The van der Waals surface area contributed by atoms with Gasteiger partial charge < -0.3 is 14.7 Å². The predicted octanol–water partition coefficient (Wildman–Crippen LogP) is 2.87. The summed E-state index contributed by atoms with van der Waals surface area (Å²) in [6, 6.07) is 7.96. The summed E-state index contributed by atoms with van der Waals surface area (Å²) in [5.41, 5.74) is 1.70. The molecule has 1 fully saturated rings. The van der Waals surface area contributed by atoms with Gasteiger partial charge >= 0.3 is 5.97 Å². The third kappa shape index (κ3) is 4.30. The third-order valence-corrected chi connectivity index (χ3v) is 4.69. The first kappa shape index (κ1) is 18.9. The van der Waals surface area contributed by atoms with E-state index in [9.17, 15) is 14.7 Å². The molecule has 0 bridgehead atoms. The van der Waals surface area contributed by atoms with Crippen LogP contribution in [0.3, 0.4) is 0 Å². The minimum Gasteiger partial charge on any atom is -0.504 e. The Balaban J connectivity index is 1.66. The Kier molecular flexibility index (Phi) is 5.48. The fraction of sp³-hybridized carbons (Fsp3) is 0.450. The summed E-state index contributed by atoms with van der Waals surface area (Å²) in [4.78, 5) is 26.1. The summed E-state index contributed by atoms with van der Waals surface area (Å²) in [6.07, 6.45) is 3.34. The molecule has 0 aliphatic heterocycles. The molecule has 1 aromatic heterocycles. The molecule has 27 heavy (non-hydrogen) atoms. The number of benzene rings is 1. The Morgan fingerprint density at radius 3 is 2.52 bits per heavy atom. The number of esters is 1. The van der Waals surface area contributed by atoms with Gasteiger partial charge in [-0.3, -0.25) is 4.79 Å². The lowest BCUT2D eigenvalue weighted by atomic mass is 10.0. The Hall–Kier alpha value is -2.83. The van der Waals surface area contributed by atoms with Crippen molar-refractivity contribution in [2.75, 3.05) is 13.2 Å². The number of aromatic nitrogens is 2. The minimum absolute atomic E-state index is 0.204. The summed E-state index contributed by atoms with van der Waals surface area (Å²) in [7, 11) is 0. The van der Waals surface area contributed by atoms with Crippen LogP contribution in [0.5, 0.6) is 5.75 Å². The smallest absolute Gasteiger partial charge is 0.363 e. The second-order valence-corrected chi connectivity index (χ2v) is 7.04. The van der Waals surface area contributed by atoms with Crippen LogP contribution >= 0.6 is 0 Å². The monoisotopic (exact) mass is 371 g/mol. The van der Waals surface area contributed by atoms with E-state index in [0.717, 1.165) is 18.5 Å². The van der Waals surface area contributed by atoms with Crippen molar-refractivity contribution in [3.8, 4) is 11.4 Å². The van der Waals surface area contributed by atoms with Gasteiger partial charge in [0, 0.05) is 12.6 Å². The second-order valence-electron chi connectivity index (χ2n) is 7.04. The molecule has 1 aliphatic carbocycles. The Bertz CT molecular complexity index is 822. The normalized spacial score (nSPS) is 13.6. The largest absolute Gasteiger partial charge is 0.504 e. The lowest BCUT2D eigenvalue weighted by Gasteiger charge is -2.19. The van der Waals surface area contributed by atoms with Gasteiger partial charge in [0.1, 0.15) is 0 Å². The summed E-state index contributed by atoms with van der Waals surface area (Å²) in [6.45, 7) is 6.35. The van der Waals surface area contributed by atoms with Gasteiger partial charge in [-0.1, -0.05) is 26.0 Å². The van der Waals surface area contributed by atoms with Crippen LogP contribution in [0.1, 0.15) is 55.6 Å². The van der Waals surface area contributed by atoms with Gasteiger partial charge in [0.25, 0.3) is 5.91 Å². The van der Waals surface area contributed by atoms with Crippen LogP contribution < -0.4 is 0 Å². The topological polar surface area (TPSA) is 84.7 Å². The summed E-state index contributed by atoms with van der Waals surface area (Å²) in [5, 5.41) is 14.2. The van der Waals surface area contributed by atoms with Gasteiger partial charge in [-0.05, 0) is 43.4 Å². The van der Waals surface area contributed by atoms with Crippen molar-refractivity contribution in [2.45, 2.75) is 45.6 Å². The number of amides is 1. The molecule has 1 saturated carbocycles. The zero-order chi connectivity index (χ0) is 19.6. The Morgan fingerprint density at radius 1 is 1.30 bits per heavy atom. The lowest BCUT2D eigenvalue weighted by Crippen LogP contribution is -2.36. The molecule has 1 N–H and O–H groups in total. The molecular formula is C20H25N3O4. The van der Waals surface area contributed by atoms with Crippen molar-refractivity contribution in [1.29, 1.82) is 0 Å². The SMILES string of the molecule is CCN(C(=O)COC(=O)c1nn(-c2ccc(C(C)C)cc2)cc1O)C1CC1. The fourth-order valence-corrected chi connectivity index (χ4v) is 2.96. The molecule has 0 radical (unpaired) electrons. The van der Waals surface area contributed by atoms with Crippen LogP contribution in [0.25, 0.3) is 5.69 Å². The predicted molar refractivity (Wildman–Crippen MR) is 100 cm³/mol. The molecule has 0 unspecified atom stereocenters. The van der Waals surface area contributed by atoms with E-state index in [1.165, 1.54) is 16.4 Å². The molecule has 1 aromatic carbocycles. The maximum Gasteiger partial charge on any atom is 0.363 e. The van der Waals surface area contributed by atoms with Gasteiger partial charge in [0.15, 0.2) is 12.4 Å². The van der Waals surface area contributed by atoms with Crippen LogP contribution in [0.15, 0.2) is 30.5 Å². The lowest BCUT2D eigenvalue weighted by molar-refractivity contribution is -0.134. The van der Waals surface area contributed by atoms with Crippen LogP contribution in [0.2, 0.25) is 0 Å². The molecule has 0 atom stereocenters. The molecule has 1 aliphatic rings. The molecular weight excluding hydrogens is 346 g/mol. The first-order valence-corrected chi connectivity index (χ1v) is 9.26. The van der Waals surface area contributed by atoms with Crippen LogP contribution in [0.4, 0.5) is 0 Å². The molecule has 2 aromatic rings. The van der Waals surface area contributed by atoms with E-state index in [2.05, 4.69) is 18.9 Å². The molecule has 0 saturated heterocycles. The number of carbonyl (C=O) groups is 2. The first-order valence-electron chi connectivity index (χ1n) is 9.26. The van der Waals surface area contributed by atoms with Crippen molar-refractivity contribution in [3.63, 3.8) is 0 Å². The van der Waals surface area contributed by atoms with Crippen molar-refractivity contribution in [3.05, 3.63) is 41.7 Å². The number of likely N-dealkylation sites (N-methyl/N-ethyl adjacent to an activating group) is 1. The Morgan fingerprint density at radius 2 is 1.96 bits per heavy atom. The maximum atomic E-state index is 12.2. The molecule has 144 valence electrons. The molecule has 3 rings (SSSR count). The number of aromatic hydroxyl groups is 1. The van der Waals surface area contributed by atoms with E-state index in [0.29, 0.717) is 12.5 Å². The zero-order valence-electron chi connectivity index (χ0n) is 15.9. The van der Waals surface area contributed by atoms with Crippen molar-refractivity contribution < 1.29 is 19.4 Å². The first-order chi connectivity index (χ1) is 12.9. The van der Waals surface area contributed by atoms with E-state index in [1.54, 1.807) is 4.90 Å². The number of ether oxygens (including phenoxy) is 1. The van der Waals surface area contributed by atoms with E-state index in [-0.39, 0.29) is 30.0 Å². The number of hydrogen-bond donors (Lipinski definition) is 1. The molecule has 7 nitrogen and oxygen atoms in total. The summed E-state index contributed by atoms with van der Waals surface area (Å²) < 4.78 is 6.48.